The van der Waals surface area contributed by atoms with E-state index in [4.69, 9.17) is 0 Å². The largest absolute Gasteiger partial charge is 0.376 e. The molecule has 0 atom stereocenters. The van der Waals surface area contributed by atoms with Crippen LogP contribution >= 0.6 is 0 Å². The van der Waals surface area contributed by atoms with Crippen molar-refractivity contribution in [3.05, 3.63) is 60.2 Å². The predicted molar refractivity (Wildman–Crippen MR) is 113 cm³/mol. The molecule has 148 valence electrons. The van der Waals surface area contributed by atoms with Gasteiger partial charge < -0.3 is 16.0 Å². The zero-order valence-electron chi connectivity index (χ0n) is 16.2. The van der Waals surface area contributed by atoms with E-state index in [1.807, 2.05) is 54.6 Å². The van der Waals surface area contributed by atoms with Gasteiger partial charge in [0.1, 0.15) is 0 Å². The summed E-state index contributed by atoms with van der Waals surface area (Å²) in [4.78, 5) is 24.2. The Labute approximate surface area is 166 Å². The molecule has 5 nitrogen and oxygen atoms in total. The smallest absolute Gasteiger partial charge is 0.239 e. The van der Waals surface area contributed by atoms with Crippen LogP contribution in [-0.2, 0) is 16.0 Å². The quantitative estimate of drug-likeness (QED) is 0.646. The molecule has 1 aliphatic rings. The molecule has 5 heteroatoms. The number of amides is 2. The van der Waals surface area contributed by atoms with Gasteiger partial charge in [-0.2, -0.15) is 0 Å². The first kappa shape index (κ1) is 19.9. The molecule has 0 aromatic heterocycles. The molecule has 0 heterocycles. The van der Waals surface area contributed by atoms with Gasteiger partial charge in [0.2, 0.25) is 11.8 Å². The molecule has 0 unspecified atom stereocenters. The highest BCUT2D eigenvalue weighted by molar-refractivity contribution is 5.91. The Morgan fingerprint density at radius 1 is 0.821 bits per heavy atom. The average molecular weight is 380 g/mol. The van der Waals surface area contributed by atoms with Gasteiger partial charge >= 0.3 is 0 Å². The Hall–Kier alpha value is -2.82. The molecule has 3 rings (SSSR count). The van der Waals surface area contributed by atoms with Gasteiger partial charge in [0.15, 0.2) is 0 Å². The highest BCUT2D eigenvalue weighted by Gasteiger charge is 2.15. The molecular weight excluding hydrogens is 350 g/mol. The number of hydrogen-bond donors (Lipinski definition) is 3. The lowest BCUT2D eigenvalue weighted by Gasteiger charge is -2.22. The number of anilines is 2. The van der Waals surface area contributed by atoms with Crippen molar-refractivity contribution in [2.45, 2.75) is 51.0 Å². The van der Waals surface area contributed by atoms with Crippen LogP contribution in [0.2, 0.25) is 0 Å². The Morgan fingerprint density at radius 2 is 1.50 bits per heavy atom. The maximum Gasteiger partial charge on any atom is 0.239 e. The fraction of sp³-hybridized carbons (Fsp3) is 0.391. The Balaban J connectivity index is 1.38. The Morgan fingerprint density at radius 3 is 2.21 bits per heavy atom. The molecule has 1 saturated carbocycles. The van der Waals surface area contributed by atoms with Gasteiger partial charge in [-0.05, 0) is 49.1 Å². The fourth-order valence-corrected chi connectivity index (χ4v) is 3.51. The molecule has 1 fully saturated rings. The van der Waals surface area contributed by atoms with E-state index in [2.05, 4.69) is 16.0 Å². The van der Waals surface area contributed by atoms with E-state index >= 15 is 0 Å². The van der Waals surface area contributed by atoms with E-state index in [9.17, 15) is 9.59 Å². The van der Waals surface area contributed by atoms with E-state index in [0.29, 0.717) is 12.5 Å². The molecule has 0 radical (unpaired) electrons. The molecule has 3 N–H and O–H groups in total. The van der Waals surface area contributed by atoms with Crippen LogP contribution in [-0.4, -0.2) is 24.4 Å². The van der Waals surface area contributed by atoms with Crippen molar-refractivity contribution in [3.8, 4) is 0 Å². The van der Waals surface area contributed by atoms with Gasteiger partial charge in [0.25, 0.3) is 0 Å². The van der Waals surface area contributed by atoms with Gasteiger partial charge in [-0.3, -0.25) is 9.59 Å². The van der Waals surface area contributed by atoms with Gasteiger partial charge in [-0.1, -0.05) is 49.6 Å². The molecule has 0 saturated heterocycles. The first-order valence-corrected chi connectivity index (χ1v) is 10.2. The Kier molecular flexibility index (Phi) is 7.47. The van der Waals surface area contributed by atoms with Gasteiger partial charge in [-0.15, -0.1) is 0 Å². The number of rotatable bonds is 8. The molecule has 2 amide bonds. The van der Waals surface area contributed by atoms with E-state index in [-0.39, 0.29) is 18.4 Å². The van der Waals surface area contributed by atoms with Crippen molar-refractivity contribution < 1.29 is 9.59 Å². The number of hydrogen-bond acceptors (Lipinski definition) is 3. The highest BCUT2D eigenvalue weighted by Crippen LogP contribution is 2.17. The lowest BCUT2D eigenvalue weighted by atomic mass is 9.95. The number of nitrogens with one attached hydrogen (secondary N) is 3. The van der Waals surface area contributed by atoms with Crippen molar-refractivity contribution in [1.82, 2.24) is 5.32 Å². The molecule has 2 aromatic rings. The second-order valence-electron chi connectivity index (χ2n) is 7.37. The standard InChI is InChI=1S/C23H29N3O2/c27-22(16-11-18-7-3-1-4-8-18)25-21-14-12-19(13-15-21)24-17-23(28)26-20-9-5-2-6-10-20/h1,3-4,7-8,12-15,20,24H,2,5-6,9-11,16-17H2,(H,25,27)(H,26,28). The summed E-state index contributed by atoms with van der Waals surface area (Å²) < 4.78 is 0. The van der Waals surface area contributed by atoms with Crippen LogP contribution in [0.15, 0.2) is 54.6 Å². The number of benzene rings is 2. The van der Waals surface area contributed by atoms with Crippen LogP contribution in [0.1, 0.15) is 44.1 Å². The maximum atomic E-state index is 12.1. The van der Waals surface area contributed by atoms with Crippen molar-refractivity contribution in [3.63, 3.8) is 0 Å². The number of carbonyl (C=O) groups excluding carboxylic acids is 2. The van der Waals surface area contributed by atoms with Crippen LogP contribution in [0.4, 0.5) is 11.4 Å². The van der Waals surface area contributed by atoms with Crippen LogP contribution < -0.4 is 16.0 Å². The van der Waals surface area contributed by atoms with E-state index in [1.165, 1.54) is 19.3 Å². The number of carbonyl (C=O) groups is 2. The summed E-state index contributed by atoms with van der Waals surface area (Å²) in [5.41, 5.74) is 2.78. The second-order valence-corrected chi connectivity index (χ2v) is 7.37. The third kappa shape index (κ3) is 6.72. The summed E-state index contributed by atoms with van der Waals surface area (Å²) in [6.45, 7) is 0.263. The summed E-state index contributed by atoms with van der Waals surface area (Å²) in [6.07, 6.45) is 7.04. The molecule has 0 bridgehead atoms. The topological polar surface area (TPSA) is 70.2 Å². The zero-order valence-corrected chi connectivity index (χ0v) is 16.2. The van der Waals surface area contributed by atoms with Gasteiger partial charge in [0, 0.05) is 23.8 Å². The van der Waals surface area contributed by atoms with E-state index in [0.717, 1.165) is 36.2 Å². The normalized spacial score (nSPS) is 14.3. The lowest BCUT2D eigenvalue weighted by Crippen LogP contribution is -2.39. The van der Waals surface area contributed by atoms with Crippen molar-refractivity contribution in [1.29, 1.82) is 0 Å². The molecule has 2 aromatic carbocycles. The van der Waals surface area contributed by atoms with Crippen molar-refractivity contribution in [2.24, 2.45) is 0 Å². The third-order valence-corrected chi connectivity index (χ3v) is 5.08. The van der Waals surface area contributed by atoms with Gasteiger partial charge in [-0.25, -0.2) is 0 Å². The minimum absolute atomic E-state index is 0.00331. The zero-order chi connectivity index (χ0) is 19.6. The monoisotopic (exact) mass is 379 g/mol. The van der Waals surface area contributed by atoms with Crippen molar-refractivity contribution >= 4 is 23.2 Å². The average Bonchev–Trinajstić information content (AvgIpc) is 2.73. The first-order chi connectivity index (χ1) is 13.7. The van der Waals surface area contributed by atoms with Crippen molar-refractivity contribution in [2.75, 3.05) is 17.2 Å². The van der Waals surface area contributed by atoms with E-state index < -0.39 is 0 Å². The minimum Gasteiger partial charge on any atom is -0.376 e. The van der Waals surface area contributed by atoms with Crippen LogP contribution in [0.25, 0.3) is 0 Å². The van der Waals surface area contributed by atoms with Crippen LogP contribution in [0, 0.1) is 0 Å². The maximum absolute atomic E-state index is 12.1. The van der Waals surface area contributed by atoms with Crippen LogP contribution in [0.5, 0.6) is 0 Å². The first-order valence-electron chi connectivity index (χ1n) is 10.2. The third-order valence-electron chi connectivity index (χ3n) is 5.08. The summed E-state index contributed by atoms with van der Waals surface area (Å²) in [5, 5.41) is 9.14. The second kappa shape index (κ2) is 10.5. The predicted octanol–water partition coefficient (Wildman–Crippen LogP) is 4.12. The minimum atomic E-state index is -0.00331. The summed E-state index contributed by atoms with van der Waals surface area (Å²) in [7, 11) is 0. The Bertz CT molecular complexity index is 753. The van der Waals surface area contributed by atoms with Crippen LogP contribution in [0.3, 0.4) is 0 Å². The summed E-state index contributed by atoms with van der Waals surface area (Å²) in [5.74, 6) is 0.0293. The molecule has 28 heavy (non-hydrogen) atoms. The molecular formula is C23H29N3O2. The molecule has 0 spiro atoms. The van der Waals surface area contributed by atoms with Gasteiger partial charge in [0.05, 0.1) is 6.54 Å². The SMILES string of the molecule is O=C(CCc1ccccc1)Nc1ccc(NCC(=O)NC2CCCCC2)cc1. The van der Waals surface area contributed by atoms with E-state index in [1.54, 1.807) is 0 Å². The summed E-state index contributed by atoms with van der Waals surface area (Å²) in [6, 6.07) is 17.8. The molecule has 1 aliphatic carbocycles. The lowest BCUT2D eigenvalue weighted by molar-refractivity contribution is -0.120. The highest BCUT2D eigenvalue weighted by atomic mass is 16.2. The summed E-state index contributed by atoms with van der Waals surface area (Å²) >= 11 is 0. The fourth-order valence-electron chi connectivity index (χ4n) is 3.51. The molecule has 0 aliphatic heterocycles. The number of aryl methyl sites for hydroxylation is 1.